The summed E-state index contributed by atoms with van der Waals surface area (Å²) in [5, 5.41) is 3.68. The van der Waals surface area contributed by atoms with E-state index in [2.05, 4.69) is 12.2 Å². The number of nitrogens with one attached hydrogen (secondary N) is 1. The van der Waals surface area contributed by atoms with Crippen LogP contribution in [0, 0.1) is 11.8 Å². The van der Waals surface area contributed by atoms with Gasteiger partial charge in [-0.15, -0.1) is 0 Å². The first-order valence-electron chi connectivity index (χ1n) is 6.82. The topological polar surface area (TPSA) is 47.3 Å². The summed E-state index contributed by atoms with van der Waals surface area (Å²) in [5.74, 6) is 1.52. The quantitative estimate of drug-likeness (QED) is 0.764. The maximum atomic E-state index is 6.01. The average Bonchev–Trinajstić information content (AvgIpc) is 2.79. The monoisotopic (exact) mass is 226 g/mol. The number of rotatable bonds is 4. The Hall–Kier alpha value is -0.120. The van der Waals surface area contributed by atoms with Crippen LogP contribution in [0.5, 0.6) is 0 Å². The van der Waals surface area contributed by atoms with E-state index in [1.807, 2.05) is 0 Å². The minimum absolute atomic E-state index is 0.450. The Morgan fingerprint density at radius 1 is 1.38 bits per heavy atom. The molecule has 16 heavy (non-hydrogen) atoms. The largest absolute Gasteiger partial charge is 0.381 e. The zero-order chi connectivity index (χ0) is 11.4. The lowest BCUT2D eigenvalue weighted by molar-refractivity contribution is 0.176. The molecule has 0 aromatic rings. The van der Waals surface area contributed by atoms with E-state index >= 15 is 0 Å². The Morgan fingerprint density at radius 3 is 2.94 bits per heavy atom. The standard InChI is InChI=1S/C13H26N2O/c1-10(12-5-6-16-9-12)15-8-11-3-2-4-13(14)7-11/h10-13,15H,2-9,14H2,1H3. The lowest BCUT2D eigenvalue weighted by atomic mass is 9.86. The molecule has 0 amide bonds. The van der Waals surface area contributed by atoms with Gasteiger partial charge in [0.15, 0.2) is 0 Å². The Bertz CT molecular complexity index is 202. The van der Waals surface area contributed by atoms with Gasteiger partial charge in [-0.2, -0.15) is 0 Å². The highest BCUT2D eigenvalue weighted by atomic mass is 16.5. The third-order valence-corrected chi connectivity index (χ3v) is 4.22. The highest BCUT2D eigenvalue weighted by molar-refractivity contribution is 4.80. The second-order valence-corrected chi connectivity index (χ2v) is 5.61. The minimum Gasteiger partial charge on any atom is -0.381 e. The number of nitrogens with two attached hydrogens (primary N) is 1. The molecular formula is C13H26N2O. The van der Waals surface area contributed by atoms with Crippen LogP contribution in [0.25, 0.3) is 0 Å². The predicted octanol–water partition coefficient (Wildman–Crippen LogP) is 1.52. The van der Waals surface area contributed by atoms with Gasteiger partial charge in [0.25, 0.3) is 0 Å². The van der Waals surface area contributed by atoms with Gasteiger partial charge in [-0.1, -0.05) is 6.42 Å². The van der Waals surface area contributed by atoms with Gasteiger partial charge in [0.05, 0.1) is 6.61 Å². The molecule has 3 nitrogen and oxygen atoms in total. The molecule has 0 aromatic carbocycles. The van der Waals surface area contributed by atoms with Gasteiger partial charge in [-0.3, -0.25) is 0 Å². The summed E-state index contributed by atoms with van der Waals surface area (Å²) < 4.78 is 5.43. The maximum absolute atomic E-state index is 6.01. The molecule has 1 aliphatic heterocycles. The van der Waals surface area contributed by atoms with E-state index < -0.39 is 0 Å². The second-order valence-electron chi connectivity index (χ2n) is 5.61. The molecule has 3 N–H and O–H groups in total. The van der Waals surface area contributed by atoms with Crippen LogP contribution in [-0.4, -0.2) is 31.8 Å². The SMILES string of the molecule is CC(NCC1CCCC(N)C1)C1CCOC1. The van der Waals surface area contributed by atoms with Gasteiger partial charge in [0, 0.05) is 18.7 Å². The molecular weight excluding hydrogens is 200 g/mol. The van der Waals surface area contributed by atoms with Crippen LogP contribution in [0.1, 0.15) is 39.0 Å². The molecule has 0 radical (unpaired) electrons. The van der Waals surface area contributed by atoms with Crippen molar-refractivity contribution < 1.29 is 4.74 Å². The average molecular weight is 226 g/mol. The fourth-order valence-corrected chi connectivity index (χ4v) is 2.98. The summed E-state index contributed by atoms with van der Waals surface area (Å²) in [6.45, 7) is 5.33. The number of ether oxygens (including phenoxy) is 1. The first-order chi connectivity index (χ1) is 7.75. The second kappa shape index (κ2) is 5.99. The van der Waals surface area contributed by atoms with Crippen LogP contribution in [0.15, 0.2) is 0 Å². The van der Waals surface area contributed by atoms with Crippen LogP contribution in [0.3, 0.4) is 0 Å². The zero-order valence-corrected chi connectivity index (χ0v) is 10.5. The molecule has 1 saturated heterocycles. The Morgan fingerprint density at radius 2 is 2.25 bits per heavy atom. The Labute approximate surface area is 99.1 Å². The van der Waals surface area contributed by atoms with Gasteiger partial charge in [0.1, 0.15) is 0 Å². The normalized spacial score (nSPS) is 37.5. The molecule has 3 heteroatoms. The molecule has 2 fully saturated rings. The molecule has 0 aromatic heterocycles. The van der Waals surface area contributed by atoms with Gasteiger partial charge in [-0.25, -0.2) is 0 Å². The van der Waals surface area contributed by atoms with Crippen molar-refractivity contribution in [3.8, 4) is 0 Å². The summed E-state index contributed by atoms with van der Waals surface area (Å²) in [4.78, 5) is 0. The maximum Gasteiger partial charge on any atom is 0.0509 e. The van der Waals surface area contributed by atoms with Crippen LogP contribution in [0.4, 0.5) is 0 Å². The van der Waals surface area contributed by atoms with Crippen molar-refractivity contribution >= 4 is 0 Å². The molecule has 1 aliphatic carbocycles. The summed E-state index contributed by atoms with van der Waals surface area (Å²) in [5.41, 5.74) is 6.01. The van der Waals surface area contributed by atoms with E-state index in [9.17, 15) is 0 Å². The van der Waals surface area contributed by atoms with Crippen molar-refractivity contribution in [2.45, 2.75) is 51.1 Å². The molecule has 0 spiro atoms. The van der Waals surface area contributed by atoms with Crippen molar-refractivity contribution in [1.29, 1.82) is 0 Å². The van der Waals surface area contributed by atoms with Crippen LogP contribution >= 0.6 is 0 Å². The van der Waals surface area contributed by atoms with Gasteiger partial charge < -0.3 is 15.8 Å². The molecule has 1 saturated carbocycles. The van der Waals surface area contributed by atoms with E-state index in [0.29, 0.717) is 12.1 Å². The van der Waals surface area contributed by atoms with E-state index in [1.54, 1.807) is 0 Å². The van der Waals surface area contributed by atoms with Crippen molar-refractivity contribution in [1.82, 2.24) is 5.32 Å². The number of hydrogen-bond acceptors (Lipinski definition) is 3. The third-order valence-electron chi connectivity index (χ3n) is 4.22. The summed E-state index contributed by atoms with van der Waals surface area (Å²) in [7, 11) is 0. The summed E-state index contributed by atoms with van der Waals surface area (Å²) in [6, 6.07) is 1.05. The van der Waals surface area contributed by atoms with E-state index in [-0.39, 0.29) is 0 Å². The fourth-order valence-electron chi connectivity index (χ4n) is 2.98. The molecule has 2 rings (SSSR count). The highest BCUT2D eigenvalue weighted by Gasteiger charge is 2.24. The van der Waals surface area contributed by atoms with Crippen molar-refractivity contribution in [2.75, 3.05) is 19.8 Å². The van der Waals surface area contributed by atoms with E-state index in [4.69, 9.17) is 10.5 Å². The smallest absolute Gasteiger partial charge is 0.0509 e. The van der Waals surface area contributed by atoms with Crippen LogP contribution in [0.2, 0.25) is 0 Å². The lowest BCUT2D eigenvalue weighted by Crippen LogP contribution is -2.39. The first-order valence-corrected chi connectivity index (χ1v) is 6.82. The molecule has 94 valence electrons. The molecule has 1 heterocycles. The third kappa shape index (κ3) is 3.44. The summed E-state index contributed by atoms with van der Waals surface area (Å²) in [6.07, 6.45) is 6.32. The molecule has 2 aliphatic rings. The predicted molar refractivity (Wildman–Crippen MR) is 66.3 cm³/mol. The van der Waals surface area contributed by atoms with Gasteiger partial charge >= 0.3 is 0 Å². The minimum atomic E-state index is 0.450. The van der Waals surface area contributed by atoms with Crippen molar-refractivity contribution in [3.05, 3.63) is 0 Å². The number of hydrogen-bond donors (Lipinski definition) is 2. The zero-order valence-electron chi connectivity index (χ0n) is 10.5. The van der Waals surface area contributed by atoms with Gasteiger partial charge in [0.2, 0.25) is 0 Å². The first kappa shape index (κ1) is 12.3. The van der Waals surface area contributed by atoms with E-state index in [0.717, 1.165) is 31.6 Å². The summed E-state index contributed by atoms with van der Waals surface area (Å²) >= 11 is 0. The van der Waals surface area contributed by atoms with Crippen molar-refractivity contribution in [2.24, 2.45) is 17.6 Å². The van der Waals surface area contributed by atoms with Crippen LogP contribution in [-0.2, 0) is 4.74 Å². The van der Waals surface area contributed by atoms with Gasteiger partial charge in [-0.05, 0) is 51.0 Å². The Balaban J connectivity index is 1.65. The molecule has 4 unspecified atom stereocenters. The Kier molecular flexibility index (Phi) is 4.62. The van der Waals surface area contributed by atoms with Crippen molar-refractivity contribution in [3.63, 3.8) is 0 Å². The van der Waals surface area contributed by atoms with E-state index in [1.165, 1.54) is 32.1 Å². The van der Waals surface area contributed by atoms with Crippen LogP contribution < -0.4 is 11.1 Å². The lowest BCUT2D eigenvalue weighted by Gasteiger charge is -2.29. The molecule has 0 bridgehead atoms. The molecule has 4 atom stereocenters. The fraction of sp³-hybridized carbons (Fsp3) is 1.00. The highest BCUT2D eigenvalue weighted by Crippen LogP contribution is 2.23.